The number of hydrogen-bond acceptors (Lipinski definition) is 4. The van der Waals surface area contributed by atoms with E-state index in [9.17, 15) is 8.78 Å². The van der Waals surface area contributed by atoms with E-state index in [4.69, 9.17) is 0 Å². The molecule has 1 aliphatic heterocycles. The van der Waals surface area contributed by atoms with Gasteiger partial charge in [0.1, 0.15) is 11.6 Å². The van der Waals surface area contributed by atoms with Crippen molar-refractivity contribution >= 4 is 16.7 Å². The highest BCUT2D eigenvalue weighted by atomic mass is 19.3. The molecule has 1 fully saturated rings. The normalized spacial score (nSPS) is 15.7. The molecule has 0 N–H and O–H groups in total. The van der Waals surface area contributed by atoms with Crippen molar-refractivity contribution in [1.82, 2.24) is 15.0 Å². The van der Waals surface area contributed by atoms with Gasteiger partial charge in [0.05, 0.1) is 23.1 Å². The van der Waals surface area contributed by atoms with Gasteiger partial charge in [0, 0.05) is 18.7 Å². The van der Waals surface area contributed by atoms with Gasteiger partial charge in [-0.1, -0.05) is 34.6 Å². The molecule has 0 saturated carbocycles. The Labute approximate surface area is 156 Å². The fourth-order valence-corrected chi connectivity index (χ4v) is 3.09. The van der Waals surface area contributed by atoms with E-state index in [0.29, 0.717) is 24.6 Å². The van der Waals surface area contributed by atoms with Crippen LogP contribution in [-0.2, 0) is 6.42 Å². The van der Waals surface area contributed by atoms with E-state index in [1.807, 2.05) is 47.6 Å². The molecule has 0 aromatic carbocycles. The Morgan fingerprint density at radius 3 is 2.31 bits per heavy atom. The second-order valence-electron chi connectivity index (χ2n) is 5.93. The molecule has 0 amide bonds. The average Bonchev–Trinajstić information content (AvgIpc) is 2.62. The summed E-state index contributed by atoms with van der Waals surface area (Å²) in [5.74, 6) is -1.45. The zero-order valence-corrected chi connectivity index (χ0v) is 17.2. The second kappa shape index (κ2) is 9.74. The topological polar surface area (TPSA) is 41.9 Å². The van der Waals surface area contributed by atoms with Crippen molar-refractivity contribution in [2.45, 2.75) is 73.7 Å². The van der Waals surface area contributed by atoms with E-state index >= 15 is 0 Å². The molecule has 2 aromatic heterocycles. The highest BCUT2D eigenvalue weighted by Gasteiger charge is 2.36. The lowest BCUT2D eigenvalue weighted by Crippen LogP contribution is -2.43. The lowest BCUT2D eigenvalue weighted by atomic mass is 10.1. The largest absolute Gasteiger partial charge is 0.350 e. The minimum Gasteiger partial charge on any atom is -0.350 e. The molecule has 2 aromatic rings. The lowest BCUT2D eigenvalue weighted by Gasteiger charge is -2.34. The summed E-state index contributed by atoms with van der Waals surface area (Å²) in [6.07, 6.45) is 1.14. The smallest absolute Gasteiger partial charge is 0.265 e. The Morgan fingerprint density at radius 1 is 1.08 bits per heavy atom. The van der Waals surface area contributed by atoms with Crippen LogP contribution in [0.2, 0.25) is 0 Å². The van der Waals surface area contributed by atoms with Crippen molar-refractivity contribution in [3.8, 4) is 0 Å². The summed E-state index contributed by atoms with van der Waals surface area (Å²) < 4.78 is 27.6. The van der Waals surface area contributed by atoms with Crippen LogP contribution in [0.4, 0.5) is 14.6 Å². The molecule has 3 heterocycles. The third kappa shape index (κ3) is 5.08. The van der Waals surface area contributed by atoms with Crippen LogP contribution in [-0.4, -0.2) is 34.0 Å². The molecule has 1 aliphatic rings. The highest BCUT2D eigenvalue weighted by Crippen LogP contribution is 2.33. The molecule has 0 aliphatic carbocycles. The fourth-order valence-electron chi connectivity index (χ4n) is 3.09. The molecule has 3 rings (SSSR count). The van der Waals surface area contributed by atoms with Crippen molar-refractivity contribution in [2.24, 2.45) is 0 Å². The van der Waals surface area contributed by atoms with Gasteiger partial charge in [-0.2, -0.15) is 0 Å². The third-order valence-corrected chi connectivity index (χ3v) is 4.00. The zero-order chi connectivity index (χ0) is 19.9. The van der Waals surface area contributed by atoms with Crippen molar-refractivity contribution in [2.75, 3.05) is 18.0 Å². The van der Waals surface area contributed by atoms with Gasteiger partial charge in [-0.25, -0.2) is 18.7 Å². The van der Waals surface area contributed by atoms with E-state index in [-0.39, 0.29) is 13.0 Å². The summed E-state index contributed by atoms with van der Waals surface area (Å²) in [7, 11) is 0. The SMILES string of the molecule is CC.CC.CCc1nc(C)cc2nc(C)nc(N3CCCC(F)(F)C3)c12. The number of hydrogen-bond donors (Lipinski definition) is 0. The van der Waals surface area contributed by atoms with Crippen molar-refractivity contribution in [3.05, 3.63) is 23.3 Å². The molecular weight excluding hydrogens is 334 g/mol. The predicted octanol–water partition coefficient (Wildman–Crippen LogP) is 5.49. The van der Waals surface area contributed by atoms with Crippen LogP contribution in [0.3, 0.4) is 0 Å². The van der Waals surface area contributed by atoms with Crippen molar-refractivity contribution < 1.29 is 8.78 Å². The van der Waals surface area contributed by atoms with Crippen LogP contribution < -0.4 is 4.90 Å². The maximum atomic E-state index is 13.8. The van der Waals surface area contributed by atoms with E-state index < -0.39 is 5.92 Å². The Bertz CT molecular complexity index is 711. The van der Waals surface area contributed by atoms with E-state index in [1.165, 1.54) is 0 Å². The minimum atomic E-state index is -2.66. The summed E-state index contributed by atoms with van der Waals surface area (Å²) >= 11 is 0. The summed E-state index contributed by atoms with van der Waals surface area (Å²) in [5, 5.41) is 0.816. The van der Waals surface area contributed by atoms with Crippen LogP contribution in [0.15, 0.2) is 6.07 Å². The maximum Gasteiger partial charge on any atom is 0.265 e. The highest BCUT2D eigenvalue weighted by molar-refractivity contribution is 5.92. The summed E-state index contributed by atoms with van der Waals surface area (Å²) in [6.45, 7) is 14.0. The molecule has 0 bridgehead atoms. The first-order chi connectivity index (χ1) is 12.4. The Kier molecular flexibility index (Phi) is 8.31. The summed E-state index contributed by atoms with van der Waals surface area (Å²) in [4.78, 5) is 15.2. The fraction of sp³-hybridized carbons (Fsp3) is 0.650. The Hall–Kier alpha value is -1.85. The molecule has 26 heavy (non-hydrogen) atoms. The minimum absolute atomic E-state index is 0.0521. The van der Waals surface area contributed by atoms with E-state index in [0.717, 1.165) is 28.7 Å². The molecule has 1 saturated heterocycles. The van der Waals surface area contributed by atoms with Gasteiger partial charge < -0.3 is 4.90 Å². The van der Waals surface area contributed by atoms with Gasteiger partial charge in [0.25, 0.3) is 5.92 Å². The van der Waals surface area contributed by atoms with Gasteiger partial charge in [-0.15, -0.1) is 0 Å². The number of nitrogens with zero attached hydrogens (tertiary/aromatic N) is 4. The number of alkyl halides is 2. The number of rotatable bonds is 2. The van der Waals surface area contributed by atoms with Crippen LogP contribution in [0, 0.1) is 13.8 Å². The van der Waals surface area contributed by atoms with Crippen LogP contribution in [0.25, 0.3) is 10.9 Å². The average molecular weight is 367 g/mol. The van der Waals surface area contributed by atoms with Gasteiger partial charge in [-0.3, -0.25) is 4.98 Å². The second-order valence-corrected chi connectivity index (χ2v) is 5.93. The Morgan fingerprint density at radius 2 is 1.73 bits per heavy atom. The quantitative estimate of drug-likeness (QED) is 0.704. The molecular formula is C20H32F2N4. The van der Waals surface area contributed by atoms with E-state index in [2.05, 4.69) is 15.0 Å². The molecule has 0 spiro atoms. The number of halogens is 2. The van der Waals surface area contributed by atoms with Gasteiger partial charge in [0.15, 0.2) is 0 Å². The Balaban J connectivity index is 0.000000791. The number of piperidine rings is 1. The summed E-state index contributed by atoms with van der Waals surface area (Å²) in [6, 6.07) is 1.90. The van der Waals surface area contributed by atoms with Gasteiger partial charge in [0.2, 0.25) is 0 Å². The predicted molar refractivity (Wildman–Crippen MR) is 105 cm³/mol. The standard InChI is InChI=1S/C16H20F2N4.2C2H6/c1-4-12-14-13(8-10(2)19-12)20-11(3)21-15(14)22-7-5-6-16(17,18)9-22;2*1-2/h8H,4-7,9H2,1-3H3;2*1-2H3. The van der Waals surface area contributed by atoms with E-state index in [1.54, 1.807) is 11.8 Å². The third-order valence-electron chi connectivity index (χ3n) is 4.00. The molecule has 4 nitrogen and oxygen atoms in total. The monoisotopic (exact) mass is 366 g/mol. The first-order valence-corrected chi connectivity index (χ1v) is 9.67. The van der Waals surface area contributed by atoms with Gasteiger partial charge >= 0.3 is 0 Å². The number of aryl methyl sites for hydroxylation is 3. The van der Waals surface area contributed by atoms with Crippen molar-refractivity contribution in [3.63, 3.8) is 0 Å². The molecule has 6 heteroatoms. The number of anilines is 1. The number of aromatic nitrogens is 3. The first-order valence-electron chi connectivity index (χ1n) is 9.67. The number of fused-ring (bicyclic) bond motifs is 1. The number of pyridine rings is 1. The first kappa shape index (κ1) is 22.2. The van der Waals surface area contributed by atoms with Crippen LogP contribution in [0.1, 0.15) is 64.7 Å². The molecule has 0 unspecified atom stereocenters. The maximum absolute atomic E-state index is 13.8. The van der Waals surface area contributed by atoms with Gasteiger partial charge in [-0.05, 0) is 32.8 Å². The summed E-state index contributed by atoms with van der Waals surface area (Å²) in [5.41, 5.74) is 2.55. The van der Waals surface area contributed by atoms with Crippen molar-refractivity contribution in [1.29, 1.82) is 0 Å². The van der Waals surface area contributed by atoms with Crippen LogP contribution >= 0.6 is 0 Å². The zero-order valence-electron chi connectivity index (χ0n) is 17.2. The molecule has 146 valence electrons. The molecule has 0 atom stereocenters. The lowest BCUT2D eigenvalue weighted by molar-refractivity contribution is -0.0118. The van der Waals surface area contributed by atoms with Crippen LogP contribution in [0.5, 0.6) is 0 Å². The molecule has 0 radical (unpaired) electrons.